The summed E-state index contributed by atoms with van der Waals surface area (Å²) < 4.78 is 0. The second-order valence-corrected chi connectivity index (χ2v) is 2.21. The number of hydrogen-bond donors (Lipinski definition) is 1. The molecule has 0 aliphatic heterocycles. The van der Waals surface area contributed by atoms with Crippen molar-refractivity contribution in [2.45, 2.75) is 6.92 Å². The Kier molecular flexibility index (Phi) is 2.11. The van der Waals surface area contributed by atoms with Gasteiger partial charge in [-0.2, -0.15) is 0 Å². The minimum atomic E-state index is -0.171. The third-order valence-electron chi connectivity index (χ3n) is 1.15. The lowest BCUT2D eigenvalue weighted by molar-refractivity contribution is -0.114. The minimum absolute atomic E-state index is 0.101. The number of carbonyl (C=O) groups is 1. The zero-order valence-corrected chi connectivity index (χ0v) is 6.13. The Balaban J connectivity index is 2.79. The predicted octanol–water partition coefficient (Wildman–Crippen LogP) is 1.79. The Bertz CT molecular complexity index is 271. The summed E-state index contributed by atoms with van der Waals surface area (Å²) in [6.45, 7) is 1.40. The zero-order chi connectivity index (χ0) is 8.27. The fraction of sp³-hybridized carbons (Fsp3) is 0.125. The van der Waals surface area contributed by atoms with E-state index in [2.05, 4.69) is 5.32 Å². The molecule has 57 valence electrons. The van der Waals surface area contributed by atoms with Gasteiger partial charge in [0.05, 0.1) is 0 Å². The highest BCUT2D eigenvalue weighted by atomic mass is 16.3. The van der Waals surface area contributed by atoms with Gasteiger partial charge >= 0.3 is 0 Å². The average molecular weight is 150 g/mol. The number of anilines is 1. The molecule has 0 fully saturated rings. The molecule has 0 aliphatic rings. The highest BCUT2D eigenvalue weighted by Gasteiger charge is 1.95. The fourth-order valence-corrected chi connectivity index (χ4v) is 0.777. The Morgan fingerprint density at radius 2 is 2.18 bits per heavy atom. The largest absolute Gasteiger partial charge is 0.326 e. The van der Waals surface area contributed by atoms with Crippen molar-refractivity contribution < 1.29 is 9.90 Å². The second kappa shape index (κ2) is 3.05. The van der Waals surface area contributed by atoms with E-state index in [1.165, 1.54) is 19.1 Å². The van der Waals surface area contributed by atoms with E-state index in [4.69, 9.17) is 0 Å². The topological polar surface area (TPSA) is 49.0 Å². The first-order valence-corrected chi connectivity index (χ1v) is 3.23. The number of benzene rings is 1. The molecule has 1 aromatic carbocycles. The quantitative estimate of drug-likeness (QED) is 0.651. The minimum Gasteiger partial charge on any atom is -0.326 e. The molecule has 11 heavy (non-hydrogen) atoms. The first-order chi connectivity index (χ1) is 5.18. The third kappa shape index (κ3) is 2.29. The summed E-state index contributed by atoms with van der Waals surface area (Å²) >= 11 is 0. The van der Waals surface area contributed by atoms with Crippen molar-refractivity contribution in [3.63, 3.8) is 0 Å². The van der Waals surface area contributed by atoms with Gasteiger partial charge in [-0.15, -0.1) is 0 Å². The SMILES string of the molecule is CC(=O)Nc1cccc([O])c1. The Labute approximate surface area is 64.7 Å². The van der Waals surface area contributed by atoms with Crippen LogP contribution in [0.2, 0.25) is 0 Å². The van der Waals surface area contributed by atoms with Crippen LogP contribution in [0.4, 0.5) is 5.69 Å². The normalized spacial score (nSPS) is 9.18. The summed E-state index contributed by atoms with van der Waals surface area (Å²) in [4.78, 5) is 10.5. The standard InChI is InChI=1S/C8H8NO2/c1-6(10)9-7-3-2-4-8(11)5-7/h2-5H,1H3,(H,9,10). The first kappa shape index (κ1) is 7.60. The maximum Gasteiger partial charge on any atom is 0.221 e. The van der Waals surface area contributed by atoms with Crippen molar-refractivity contribution >= 4 is 11.6 Å². The molecular formula is C8H8NO2. The Morgan fingerprint density at radius 3 is 2.73 bits per heavy atom. The molecule has 0 saturated carbocycles. The molecule has 0 saturated heterocycles. The molecule has 1 aromatic rings. The molecule has 1 radical (unpaired) electrons. The van der Waals surface area contributed by atoms with E-state index >= 15 is 0 Å². The van der Waals surface area contributed by atoms with Crippen LogP contribution in [0.5, 0.6) is 5.75 Å². The van der Waals surface area contributed by atoms with Gasteiger partial charge in [0.15, 0.2) is 5.75 Å². The van der Waals surface area contributed by atoms with Crippen LogP contribution in [-0.2, 0) is 9.90 Å². The number of nitrogens with one attached hydrogen (secondary N) is 1. The van der Waals surface area contributed by atoms with E-state index in [1.54, 1.807) is 12.1 Å². The molecule has 0 heterocycles. The predicted molar refractivity (Wildman–Crippen MR) is 40.9 cm³/mol. The lowest BCUT2D eigenvalue weighted by atomic mass is 10.3. The summed E-state index contributed by atoms with van der Waals surface area (Å²) in [6.07, 6.45) is 0. The van der Waals surface area contributed by atoms with Crippen LogP contribution in [0.15, 0.2) is 24.3 Å². The van der Waals surface area contributed by atoms with Gasteiger partial charge in [0.2, 0.25) is 5.91 Å². The van der Waals surface area contributed by atoms with Crippen molar-refractivity contribution in [2.75, 3.05) is 5.32 Å². The fourth-order valence-electron chi connectivity index (χ4n) is 0.777. The highest BCUT2D eigenvalue weighted by Crippen LogP contribution is 2.15. The molecule has 0 unspecified atom stereocenters. The van der Waals surface area contributed by atoms with E-state index in [0.717, 1.165) is 0 Å². The number of hydrogen-bond acceptors (Lipinski definition) is 1. The Morgan fingerprint density at radius 1 is 1.45 bits per heavy atom. The van der Waals surface area contributed by atoms with Gasteiger partial charge in [-0.3, -0.25) is 9.90 Å². The van der Waals surface area contributed by atoms with Crippen LogP contribution in [0.25, 0.3) is 0 Å². The average Bonchev–Trinajstić information content (AvgIpc) is 1.85. The maximum atomic E-state index is 10.7. The number of carbonyl (C=O) groups excluding carboxylic acids is 1. The smallest absolute Gasteiger partial charge is 0.221 e. The van der Waals surface area contributed by atoms with E-state index in [-0.39, 0.29) is 11.7 Å². The summed E-state index contributed by atoms with van der Waals surface area (Å²) in [7, 11) is 0. The van der Waals surface area contributed by atoms with E-state index in [9.17, 15) is 9.90 Å². The van der Waals surface area contributed by atoms with E-state index in [1.807, 2.05) is 0 Å². The maximum absolute atomic E-state index is 10.7. The van der Waals surface area contributed by atoms with Crippen molar-refractivity contribution in [3.8, 4) is 5.75 Å². The van der Waals surface area contributed by atoms with Crippen LogP contribution in [0.3, 0.4) is 0 Å². The van der Waals surface area contributed by atoms with Crippen LogP contribution in [0.1, 0.15) is 6.92 Å². The van der Waals surface area contributed by atoms with E-state index < -0.39 is 0 Å². The zero-order valence-electron chi connectivity index (χ0n) is 6.13. The van der Waals surface area contributed by atoms with Crippen molar-refractivity contribution in [2.24, 2.45) is 0 Å². The molecule has 1 N–H and O–H groups in total. The molecular weight excluding hydrogens is 142 g/mol. The van der Waals surface area contributed by atoms with Crippen LogP contribution >= 0.6 is 0 Å². The van der Waals surface area contributed by atoms with Gasteiger partial charge in [0, 0.05) is 18.7 Å². The van der Waals surface area contributed by atoms with E-state index in [0.29, 0.717) is 5.69 Å². The molecule has 3 nitrogen and oxygen atoms in total. The second-order valence-electron chi connectivity index (χ2n) is 2.21. The summed E-state index contributed by atoms with van der Waals surface area (Å²) in [5.41, 5.74) is 0.546. The molecule has 1 rings (SSSR count). The molecule has 0 atom stereocenters. The van der Waals surface area contributed by atoms with Crippen LogP contribution in [0, 0.1) is 0 Å². The molecule has 1 amide bonds. The number of amides is 1. The lowest BCUT2D eigenvalue weighted by Crippen LogP contribution is -2.04. The molecule has 0 spiro atoms. The lowest BCUT2D eigenvalue weighted by Gasteiger charge is -1.99. The monoisotopic (exact) mass is 150 g/mol. The highest BCUT2D eigenvalue weighted by molar-refractivity contribution is 5.88. The van der Waals surface area contributed by atoms with Gasteiger partial charge in [0.1, 0.15) is 0 Å². The summed E-state index contributed by atoms with van der Waals surface area (Å²) in [6, 6.07) is 6.09. The van der Waals surface area contributed by atoms with Gasteiger partial charge in [-0.25, -0.2) is 0 Å². The number of rotatable bonds is 1. The van der Waals surface area contributed by atoms with Gasteiger partial charge in [-0.1, -0.05) is 6.07 Å². The van der Waals surface area contributed by atoms with Gasteiger partial charge in [0.25, 0.3) is 0 Å². The third-order valence-corrected chi connectivity index (χ3v) is 1.15. The summed E-state index contributed by atoms with van der Waals surface area (Å²) in [5.74, 6) is -0.271. The van der Waals surface area contributed by atoms with Crippen molar-refractivity contribution in [3.05, 3.63) is 24.3 Å². The van der Waals surface area contributed by atoms with Crippen LogP contribution < -0.4 is 5.32 Å². The van der Waals surface area contributed by atoms with Crippen molar-refractivity contribution in [1.29, 1.82) is 0 Å². The Hall–Kier alpha value is -1.51. The molecule has 0 bridgehead atoms. The molecule has 3 heteroatoms. The molecule has 0 aromatic heterocycles. The van der Waals surface area contributed by atoms with Crippen LogP contribution in [-0.4, -0.2) is 5.91 Å². The van der Waals surface area contributed by atoms with Crippen molar-refractivity contribution in [1.82, 2.24) is 0 Å². The molecule has 0 aliphatic carbocycles. The van der Waals surface area contributed by atoms with Gasteiger partial charge < -0.3 is 5.32 Å². The summed E-state index contributed by atoms with van der Waals surface area (Å²) in [5, 5.41) is 13.2. The van der Waals surface area contributed by atoms with Gasteiger partial charge in [-0.05, 0) is 12.1 Å². The first-order valence-electron chi connectivity index (χ1n) is 3.23.